The molecule has 1 atom stereocenters. The number of aliphatic hydroxyl groups is 1. The van der Waals surface area contributed by atoms with Crippen molar-refractivity contribution in [1.82, 2.24) is 14.9 Å². The molecule has 0 amide bonds. The third kappa shape index (κ3) is 4.58. The highest BCUT2D eigenvalue weighted by Crippen LogP contribution is 2.34. The minimum atomic E-state index is -0.146. The molecule has 0 bridgehead atoms. The van der Waals surface area contributed by atoms with Gasteiger partial charge in [-0.1, -0.05) is 30.3 Å². The van der Waals surface area contributed by atoms with Gasteiger partial charge in [0.05, 0.1) is 6.10 Å². The van der Waals surface area contributed by atoms with Crippen molar-refractivity contribution in [2.24, 2.45) is 0 Å². The summed E-state index contributed by atoms with van der Waals surface area (Å²) < 4.78 is 0. The standard InChI is InChI=1S/C23H31N5OS/c29-19-8-6-17(7-9-19)24-22-20-14-18(15-28-10-12-30-13-11-28)25-23(20)27-21(26-22)16-4-2-1-3-5-16/h1-5,17-19,29H,6-15H2,(H2,24,25,26,27)/t17-,18?,19-. The Morgan fingerprint density at radius 1 is 1.07 bits per heavy atom. The number of nitrogens with zero attached hydrogens (tertiary/aromatic N) is 3. The zero-order valence-corrected chi connectivity index (χ0v) is 18.2. The topological polar surface area (TPSA) is 73.3 Å². The zero-order chi connectivity index (χ0) is 20.3. The Balaban J connectivity index is 1.39. The van der Waals surface area contributed by atoms with Gasteiger partial charge in [-0.05, 0) is 25.7 Å². The molecule has 2 aromatic rings. The molecule has 3 heterocycles. The van der Waals surface area contributed by atoms with Crippen LogP contribution >= 0.6 is 11.8 Å². The van der Waals surface area contributed by atoms with Gasteiger partial charge in [0.1, 0.15) is 11.6 Å². The van der Waals surface area contributed by atoms with Gasteiger partial charge >= 0.3 is 0 Å². The Morgan fingerprint density at radius 2 is 1.83 bits per heavy atom. The first-order valence-corrected chi connectivity index (χ1v) is 12.4. The highest BCUT2D eigenvalue weighted by Gasteiger charge is 2.30. The molecule has 1 saturated carbocycles. The van der Waals surface area contributed by atoms with E-state index in [9.17, 15) is 5.11 Å². The van der Waals surface area contributed by atoms with Gasteiger partial charge in [0.25, 0.3) is 0 Å². The molecule has 1 aromatic carbocycles. The molecule has 7 heteroatoms. The summed E-state index contributed by atoms with van der Waals surface area (Å²) in [5.74, 6) is 5.20. The van der Waals surface area contributed by atoms with Crippen molar-refractivity contribution in [2.75, 3.05) is 41.8 Å². The first kappa shape index (κ1) is 20.1. The monoisotopic (exact) mass is 425 g/mol. The van der Waals surface area contributed by atoms with Crippen molar-refractivity contribution in [3.8, 4) is 11.4 Å². The van der Waals surface area contributed by atoms with Gasteiger partial charge in [-0.3, -0.25) is 4.90 Å². The maximum Gasteiger partial charge on any atom is 0.163 e. The third-order valence-electron chi connectivity index (χ3n) is 6.45. The lowest BCUT2D eigenvalue weighted by Crippen LogP contribution is -2.40. The van der Waals surface area contributed by atoms with Crippen LogP contribution in [-0.4, -0.2) is 69.3 Å². The molecule has 2 fully saturated rings. The highest BCUT2D eigenvalue weighted by atomic mass is 32.2. The van der Waals surface area contributed by atoms with Gasteiger partial charge < -0.3 is 15.7 Å². The number of benzene rings is 1. The van der Waals surface area contributed by atoms with Crippen LogP contribution in [0.1, 0.15) is 31.2 Å². The molecular weight excluding hydrogens is 394 g/mol. The average molecular weight is 426 g/mol. The quantitative estimate of drug-likeness (QED) is 0.679. The fourth-order valence-corrected chi connectivity index (χ4v) is 5.72. The van der Waals surface area contributed by atoms with Crippen molar-refractivity contribution < 1.29 is 5.11 Å². The number of aliphatic hydroxyl groups excluding tert-OH is 1. The maximum atomic E-state index is 9.86. The lowest BCUT2D eigenvalue weighted by Gasteiger charge is -2.28. The molecule has 1 saturated heterocycles. The largest absolute Gasteiger partial charge is 0.393 e. The van der Waals surface area contributed by atoms with Crippen LogP contribution < -0.4 is 10.6 Å². The first-order chi connectivity index (χ1) is 14.7. The molecular formula is C23H31N5OS. The number of hydrogen-bond acceptors (Lipinski definition) is 7. The van der Waals surface area contributed by atoms with E-state index in [-0.39, 0.29) is 6.10 Å². The zero-order valence-electron chi connectivity index (χ0n) is 17.4. The summed E-state index contributed by atoms with van der Waals surface area (Å²) in [6.45, 7) is 3.41. The molecule has 30 heavy (non-hydrogen) atoms. The Morgan fingerprint density at radius 3 is 2.60 bits per heavy atom. The summed E-state index contributed by atoms with van der Waals surface area (Å²) in [6, 6.07) is 11.0. The minimum absolute atomic E-state index is 0.146. The molecule has 2 aliphatic heterocycles. The van der Waals surface area contributed by atoms with Gasteiger partial charge in [-0.15, -0.1) is 0 Å². The van der Waals surface area contributed by atoms with Gasteiger partial charge in [0.2, 0.25) is 0 Å². The summed E-state index contributed by atoms with van der Waals surface area (Å²) in [5, 5.41) is 17.3. The van der Waals surface area contributed by atoms with Crippen LogP contribution in [0.25, 0.3) is 11.4 Å². The molecule has 5 rings (SSSR count). The normalized spacial score (nSPS) is 26.8. The van der Waals surface area contributed by atoms with Crippen molar-refractivity contribution in [1.29, 1.82) is 0 Å². The van der Waals surface area contributed by atoms with E-state index in [0.29, 0.717) is 12.1 Å². The number of fused-ring (bicyclic) bond motifs is 1. The van der Waals surface area contributed by atoms with Gasteiger partial charge in [-0.2, -0.15) is 11.8 Å². The fraction of sp³-hybridized carbons (Fsp3) is 0.565. The van der Waals surface area contributed by atoms with Gasteiger partial charge in [-0.25, -0.2) is 9.97 Å². The number of thioether (sulfide) groups is 1. The molecule has 0 radical (unpaired) electrons. The van der Waals surface area contributed by atoms with E-state index in [0.717, 1.165) is 61.7 Å². The molecule has 1 aliphatic carbocycles. The van der Waals surface area contributed by atoms with E-state index >= 15 is 0 Å². The van der Waals surface area contributed by atoms with Crippen LogP contribution in [0.15, 0.2) is 30.3 Å². The second-order valence-electron chi connectivity index (χ2n) is 8.70. The number of aromatic nitrogens is 2. The van der Waals surface area contributed by atoms with Crippen molar-refractivity contribution in [3.05, 3.63) is 35.9 Å². The van der Waals surface area contributed by atoms with Crippen LogP contribution in [0.2, 0.25) is 0 Å². The molecule has 3 aliphatic rings. The molecule has 160 valence electrons. The predicted octanol–water partition coefficient (Wildman–Crippen LogP) is 3.24. The second kappa shape index (κ2) is 9.12. The van der Waals surface area contributed by atoms with Crippen LogP contribution in [0.4, 0.5) is 11.6 Å². The van der Waals surface area contributed by atoms with Crippen LogP contribution in [0, 0.1) is 0 Å². The maximum absolute atomic E-state index is 9.86. The second-order valence-corrected chi connectivity index (χ2v) is 9.92. The lowest BCUT2D eigenvalue weighted by molar-refractivity contribution is 0.126. The van der Waals surface area contributed by atoms with E-state index < -0.39 is 0 Å². The summed E-state index contributed by atoms with van der Waals surface area (Å²) in [5.41, 5.74) is 2.26. The van der Waals surface area contributed by atoms with E-state index in [1.54, 1.807) is 0 Å². The molecule has 0 spiro atoms. The molecule has 3 N–H and O–H groups in total. The number of anilines is 2. The third-order valence-corrected chi connectivity index (χ3v) is 7.39. The average Bonchev–Trinajstić information content (AvgIpc) is 3.19. The van der Waals surface area contributed by atoms with E-state index in [4.69, 9.17) is 9.97 Å². The van der Waals surface area contributed by atoms with Crippen molar-refractivity contribution in [3.63, 3.8) is 0 Å². The summed E-state index contributed by atoms with van der Waals surface area (Å²) in [4.78, 5) is 12.4. The summed E-state index contributed by atoms with van der Waals surface area (Å²) >= 11 is 2.05. The Bertz CT molecular complexity index is 850. The minimum Gasteiger partial charge on any atom is -0.393 e. The fourth-order valence-electron chi connectivity index (χ4n) is 4.74. The molecule has 1 aromatic heterocycles. The summed E-state index contributed by atoms with van der Waals surface area (Å²) in [7, 11) is 0. The Hall–Kier alpha value is -1.83. The lowest BCUT2D eigenvalue weighted by atomic mass is 9.93. The van der Waals surface area contributed by atoms with Gasteiger partial charge in [0, 0.05) is 60.8 Å². The Labute approximate surface area is 182 Å². The van der Waals surface area contributed by atoms with Crippen LogP contribution in [0.5, 0.6) is 0 Å². The van der Waals surface area contributed by atoms with Crippen molar-refractivity contribution in [2.45, 2.75) is 50.3 Å². The predicted molar refractivity (Wildman–Crippen MR) is 124 cm³/mol. The number of rotatable bonds is 5. The number of nitrogens with one attached hydrogen (secondary N) is 2. The van der Waals surface area contributed by atoms with Crippen LogP contribution in [-0.2, 0) is 6.42 Å². The van der Waals surface area contributed by atoms with Gasteiger partial charge in [0.15, 0.2) is 5.82 Å². The molecule has 1 unspecified atom stereocenters. The van der Waals surface area contributed by atoms with E-state index in [1.165, 1.54) is 30.2 Å². The molecule has 6 nitrogen and oxygen atoms in total. The summed E-state index contributed by atoms with van der Waals surface area (Å²) in [6.07, 6.45) is 4.53. The van der Waals surface area contributed by atoms with E-state index in [2.05, 4.69) is 39.4 Å². The van der Waals surface area contributed by atoms with Crippen molar-refractivity contribution >= 4 is 23.4 Å². The SMILES string of the molecule is O[C@H]1CC[C@H](Nc2nc(-c3ccccc3)nc3c2CC(CN2CCSCC2)N3)CC1. The number of hydrogen-bond donors (Lipinski definition) is 3. The first-order valence-electron chi connectivity index (χ1n) is 11.2. The Kier molecular flexibility index (Phi) is 6.11. The highest BCUT2D eigenvalue weighted by molar-refractivity contribution is 7.99. The van der Waals surface area contributed by atoms with Crippen LogP contribution in [0.3, 0.4) is 0 Å². The van der Waals surface area contributed by atoms with E-state index in [1.807, 2.05) is 18.2 Å². The smallest absolute Gasteiger partial charge is 0.163 e.